The lowest BCUT2D eigenvalue weighted by Gasteiger charge is -2.18. The maximum Gasteiger partial charge on any atom is 0.270 e. The Hall–Kier alpha value is -2.23. The number of aryl methyl sites for hydroxylation is 1. The van der Waals surface area contributed by atoms with Gasteiger partial charge in [-0.15, -0.1) is 0 Å². The van der Waals surface area contributed by atoms with Crippen molar-refractivity contribution < 1.29 is 4.79 Å². The molecule has 0 unspecified atom stereocenters. The number of benzene rings is 1. The van der Waals surface area contributed by atoms with Gasteiger partial charge in [0.15, 0.2) is 0 Å². The number of hydrogen-bond donors (Lipinski definition) is 1. The Morgan fingerprint density at radius 3 is 2.65 bits per heavy atom. The van der Waals surface area contributed by atoms with Crippen LogP contribution in [0.25, 0.3) is 0 Å². The zero-order chi connectivity index (χ0) is 14.5. The number of likely N-dealkylation sites (N-methyl/N-ethyl adjacent to an activating group) is 1. The van der Waals surface area contributed by atoms with Crippen LogP contribution in [0.1, 0.15) is 23.0 Å². The molecule has 4 heteroatoms. The first-order chi connectivity index (χ1) is 9.61. The van der Waals surface area contributed by atoms with Gasteiger partial charge >= 0.3 is 0 Å². The summed E-state index contributed by atoms with van der Waals surface area (Å²) in [5.41, 5.74) is 8.28. The normalized spacial score (nSPS) is 10.5. The topological polar surface area (TPSA) is 51.3 Å². The molecule has 0 saturated heterocycles. The minimum absolute atomic E-state index is 0.0134. The Labute approximate surface area is 119 Å². The summed E-state index contributed by atoms with van der Waals surface area (Å²) >= 11 is 0. The Kier molecular flexibility index (Phi) is 4.45. The molecular weight excluding hydrogens is 250 g/mol. The van der Waals surface area contributed by atoms with Crippen molar-refractivity contribution in [2.24, 2.45) is 0 Å². The minimum atomic E-state index is 0.0134. The maximum atomic E-state index is 12.4. The van der Waals surface area contributed by atoms with E-state index in [1.54, 1.807) is 17.2 Å². The molecule has 2 N–H and O–H groups in total. The van der Waals surface area contributed by atoms with Gasteiger partial charge in [0.05, 0.1) is 5.69 Å². The molecule has 0 fully saturated rings. The number of nitrogens with two attached hydrogens (primary N) is 1. The van der Waals surface area contributed by atoms with Crippen molar-refractivity contribution in [3.05, 3.63) is 53.9 Å². The highest BCUT2D eigenvalue weighted by atomic mass is 16.2. The van der Waals surface area contributed by atoms with Crippen LogP contribution < -0.4 is 5.73 Å². The summed E-state index contributed by atoms with van der Waals surface area (Å²) in [6.07, 6.45) is 2.66. The van der Waals surface area contributed by atoms with Crippen LogP contribution >= 0.6 is 0 Å². The number of carbonyl (C=O) groups excluding carboxylic acids is 1. The molecule has 1 aromatic heterocycles. The van der Waals surface area contributed by atoms with Gasteiger partial charge in [-0.2, -0.15) is 0 Å². The quantitative estimate of drug-likeness (QED) is 0.908. The Bertz CT molecular complexity index is 575. The van der Waals surface area contributed by atoms with E-state index in [2.05, 4.69) is 12.1 Å². The van der Waals surface area contributed by atoms with Crippen molar-refractivity contribution in [2.45, 2.75) is 19.9 Å². The third-order valence-electron chi connectivity index (χ3n) is 3.40. The van der Waals surface area contributed by atoms with E-state index in [4.69, 9.17) is 5.73 Å². The number of aromatic nitrogens is 1. The molecule has 20 heavy (non-hydrogen) atoms. The number of nitrogens with zero attached hydrogens (tertiary/aromatic N) is 2. The highest BCUT2D eigenvalue weighted by Gasteiger charge is 2.16. The van der Waals surface area contributed by atoms with E-state index < -0.39 is 0 Å². The van der Waals surface area contributed by atoms with Gasteiger partial charge in [-0.3, -0.25) is 4.79 Å². The lowest BCUT2D eigenvalue weighted by molar-refractivity contribution is 0.0786. The number of anilines is 1. The molecule has 0 aliphatic rings. The molecule has 1 amide bonds. The van der Waals surface area contributed by atoms with Gasteiger partial charge in [0.1, 0.15) is 5.69 Å². The fourth-order valence-corrected chi connectivity index (χ4v) is 2.21. The Morgan fingerprint density at radius 2 is 2.00 bits per heavy atom. The average molecular weight is 271 g/mol. The van der Waals surface area contributed by atoms with Crippen LogP contribution in [-0.2, 0) is 13.0 Å². The first-order valence-corrected chi connectivity index (χ1v) is 6.87. The summed E-state index contributed by atoms with van der Waals surface area (Å²) in [4.78, 5) is 14.2. The van der Waals surface area contributed by atoms with Gasteiger partial charge < -0.3 is 15.2 Å². The molecule has 4 nitrogen and oxygen atoms in total. The van der Waals surface area contributed by atoms with Crippen LogP contribution in [0.4, 0.5) is 5.69 Å². The molecule has 0 aliphatic heterocycles. The molecule has 1 aromatic carbocycles. The smallest absolute Gasteiger partial charge is 0.270 e. The molecular formula is C16H21N3O. The third-order valence-corrected chi connectivity index (χ3v) is 3.40. The summed E-state index contributed by atoms with van der Waals surface area (Å²) in [6.45, 7) is 3.43. The van der Waals surface area contributed by atoms with E-state index in [0.717, 1.165) is 13.0 Å². The van der Waals surface area contributed by atoms with Crippen LogP contribution in [-0.4, -0.2) is 29.0 Å². The molecule has 0 aliphatic carbocycles. The van der Waals surface area contributed by atoms with Gasteiger partial charge in [-0.05, 0) is 25.0 Å². The van der Waals surface area contributed by atoms with E-state index in [0.29, 0.717) is 17.9 Å². The number of rotatable bonds is 5. The standard InChI is InChI=1S/C16H21N3O/c1-3-19-12-14(17)11-15(19)16(20)18(2)10-9-13-7-5-4-6-8-13/h4-8,11-12H,3,9-10,17H2,1-2H3. The highest BCUT2D eigenvalue weighted by molar-refractivity contribution is 5.93. The van der Waals surface area contributed by atoms with Crippen molar-refractivity contribution in [3.8, 4) is 0 Å². The summed E-state index contributed by atoms with van der Waals surface area (Å²) in [6, 6.07) is 11.9. The molecule has 1 heterocycles. The second kappa shape index (κ2) is 6.28. The molecule has 2 aromatic rings. The van der Waals surface area contributed by atoms with Gasteiger partial charge in [-0.25, -0.2) is 0 Å². The van der Waals surface area contributed by atoms with Crippen molar-refractivity contribution in [1.82, 2.24) is 9.47 Å². The van der Waals surface area contributed by atoms with Crippen molar-refractivity contribution in [1.29, 1.82) is 0 Å². The van der Waals surface area contributed by atoms with Crippen molar-refractivity contribution in [3.63, 3.8) is 0 Å². The number of carbonyl (C=O) groups is 1. The second-order valence-electron chi connectivity index (χ2n) is 4.91. The summed E-state index contributed by atoms with van der Waals surface area (Å²) in [5, 5.41) is 0. The lowest BCUT2D eigenvalue weighted by atomic mass is 10.1. The first-order valence-electron chi connectivity index (χ1n) is 6.87. The third kappa shape index (κ3) is 3.20. The predicted molar refractivity (Wildman–Crippen MR) is 81.6 cm³/mol. The van der Waals surface area contributed by atoms with Crippen molar-refractivity contribution in [2.75, 3.05) is 19.3 Å². The molecule has 0 spiro atoms. The van der Waals surface area contributed by atoms with Crippen LogP contribution in [0.5, 0.6) is 0 Å². The fraction of sp³-hybridized carbons (Fsp3) is 0.312. The Balaban J connectivity index is 2.01. The highest BCUT2D eigenvalue weighted by Crippen LogP contribution is 2.13. The van der Waals surface area contributed by atoms with E-state index in [1.807, 2.05) is 36.7 Å². The minimum Gasteiger partial charge on any atom is -0.397 e. The van der Waals surface area contributed by atoms with Crippen LogP contribution in [0.2, 0.25) is 0 Å². The van der Waals surface area contributed by atoms with Crippen LogP contribution in [0.3, 0.4) is 0 Å². The number of amides is 1. The summed E-state index contributed by atoms with van der Waals surface area (Å²) in [5.74, 6) is 0.0134. The summed E-state index contributed by atoms with van der Waals surface area (Å²) in [7, 11) is 1.83. The van der Waals surface area contributed by atoms with Crippen molar-refractivity contribution >= 4 is 11.6 Å². The van der Waals surface area contributed by atoms with Crippen LogP contribution in [0.15, 0.2) is 42.6 Å². The fourth-order valence-electron chi connectivity index (χ4n) is 2.21. The number of nitrogen functional groups attached to an aromatic ring is 1. The van der Waals surface area contributed by atoms with E-state index >= 15 is 0 Å². The van der Waals surface area contributed by atoms with Gasteiger partial charge in [0.25, 0.3) is 5.91 Å². The number of hydrogen-bond acceptors (Lipinski definition) is 2. The second-order valence-corrected chi connectivity index (χ2v) is 4.91. The monoisotopic (exact) mass is 271 g/mol. The summed E-state index contributed by atoms with van der Waals surface area (Å²) < 4.78 is 1.89. The first kappa shape index (κ1) is 14.2. The molecule has 0 atom stereocenters. The molecule has 0 radical (unpaired) electrons. The average Bonchev–Trinajstić information content (AvgIpc) is 2.86. The van der Waals surface area contributed by atoms with E-state index in [-0.39, 0.29) is 5.91 Å². The molecule has 106 valence electrons. The zero-order valence-corrected chi connectivity index (χ0v) is 12.0. The maximum absolute atomic E-state index is 12.4. The largest absolute Gasteiger partial charge is 0.397 e. The van der Waals surface area contributed by atoms with Gasteiger partial charge in [-0.1, -0.05) is 30.3 Å². The van der Waals surface area contributed by atoms with Gasteiger partial charge in [0.2, 0.25) is 0 Å². The molecule has 0 saturated carbocycles. The predicted octanol–water partition coefficient (Wildman–Crippen LogP) is 2.40. The van der Waals surface area contributed by atoms with Gasteiger partial charge in [0, 0.05) is 26.3 Å². The van der Waals surface area contributed by atoms with E-state index in [1.165, 1.54) is 5.56 Å². The SMILES string of the molecule is CCn1cc(N)cc1C(=O)N(C)CCc1ccccc1. The van der Waals surface area contributed by atoms with E-state index in [9.17, 15) is 4.79 Å². The Morgan fingerprint density at radius 1 is 1.30 bits per heavy atom. The molecule has 2 rings (SSSR count). The van der Waals surface area contributed by atoms with Crippen LogP contribution in [0, 0.1) is 0 Å². The molecule has 0 bridgehead atoms. The lowest BCUT2D eigenvalue weighted by Crippen LogP contribution is -2.30. The zero-order valence-electron chi connectivity index (χ0n) is 12.0.